The number of nitrogens with one attached hydrogen (secondary N) is 3. The highest BCUT2D eigenvalue weighted by Gasteiger charge is 2.06. The summed E-state index contributed by atoms with van der Waals surface area (Å²) in [6.07, 6.45) is 2.69. The fraction of sp³-hybridized carbons (Fsp3) is 0.364. The molecule has 3 N–H and O–H groups in total. The molecule has 0 radical (unpaired) electrons. The number of hydrogen-bond acceptors (Lipinski definition) is 4. The van der Waals surface area contributed by atoms with Gasteiger partial charge in [-0.2, -0.15) is 0 Å². The summed E-state index contributed by atoms with van der Waals surface area (Å²) in [5, 5.41) is 9.16. The smallest absolute Gasteiger partial charge is 0.251 e. The van der Waals surface area contributed by atoms with Crippen molar-refractivity contribution in [2.45, 2.75) is 24.7 Å². The van der Waals surface area contributed by atoms with E-state index in [0.717, 1.165) is 36.5 Å². The van der Waals surface area contributed by atoms with Crippen molar-refractivity contribution in [2.24, 2.45) is 4.99 Å². The molecule has 30 heavy (non-hydrogen) atoms. The summed E-state index contributed by atoms with van der Waals surface area (Å²) >= 11 is 0. The molecule has 0 aliphatic heterocycles. The molecule has 0 heterocycles. The van der Waals surface area contributed by atoms with Crippen molar-refractivity contribution in [3.63, 3.8) is 0 Å². The van der Waals surface area contributed by atoms with Gasteiger partial charge in [-0.05, 0) is 55.2 Å². The van der Waals surface area contributed by atoms with Gasteiger partial charge in [0.05, 0.1) is 4.90 Å². The van der Waals surface area contributed by atoms with Gasteiger partial charge in [-0.1, -0.05) is 24.3 Å². The normalized spacial score (nSPS) is 11.8. The molecule has 2 aromatic carbocycles. The van der Waals surface area contributed by atoms with Gasteiger partial charge in [0.25, 0.3) is 5.91 Å². The average Bonchev–Trinajstić information content (AvgIpc) is 2.73. The molecule has 0 atom stereocenters. The monoisotopic (exact) mass is 430 g/mol. The highest BCUT2D eigenvalue weighted by molar-refractivity contribution is 7.90. The molecule has 0 bridgehead atoms. The Balaban J connectivity index is 1.88. The molecule has 2 rings (SSSR count). The molecule has 0 aromatic heterocycles. The minimum absolute atomic E-state index is 0.0933. The zero-order chi connectivity index (χ0) is 22.0. The van der Waals surface area contributed by atoms with Crippen LogP contribution in [0.3, 0.4) is 0 Å². The predicted molar refractivity (Wildman–Crippen MR) is 121 cm³/mol. The lowest BCUT2D eigenvalue weighted by atomic mass is 10.1. The van der Waals surface area contributed by atoms with E-state index in [-0.39, 0.29) is 5.91 Å². The lowest BCUT2D eigenvalue weighted by Crippen LogP contribution is -2.38. The molecule has 0 fully saturated rings. The van der Waals surface area contributed by atoms with Gasteiger partial charge < -0.3 is 16.0 Å². The van der Waals surface area contributed by atoms with Crippen LogP contribution in [0.2, 0.25) is 0 Å². The van der Waals surface area contributed by atoms with E-state index in [1.54, 1.807) is 25.2 Å². The van der Waals surface area contributed by atoms with Gasteiger partial charge >= 0.3 is 0 Å². The van der Waals surface area contributed by atoms with E-state index in [9.17, 15) is 13.2 Å². The van der Waals surface area contributed by atoms with Crippen LogP contribution < -0.4 is 16.0 Å². The van der Waals surface area contributed by atoms with Crippen molar-refractivity contribution >= 4 is 21.7 Å². The summed E-state index contributed by atoms with van der Waals surface area (Å²) in [7, 11) is -1.55. The van der Waals surface area contributed by atoms with Crippen LogP contribution in [0.5, 0.6) is 0 Å². The largest absolute Gasteiger partial charge is 0.357 e. The third-order valence-electron chi connectivity index (χ3n) is 4.49. The maximum Gasteiger partial charge on any atom is 0.251 e. The first-order chi connectivity index (χ1) is 14.3. The Morgan fingerprint density at radius 2 is 1.73 bits per heavy atom. The third-order valence-corrected chi connectivity index (χ3v) is 5.62. The standard InChI is InChI=1S/C22H30N4O3S/c1-4-24-22(25-14-12-17-8-10-20(11-9-17)30(3,28)29)26-15-13-18-6-5-7-19(16-18)21(27)23-2/h5-11,16H,4,12-15H2,1-3H3,(H,23,27)(H2,24,25,26). The molecule has 0 aliphatic rings. The van der Waals surface area contributed by atoms with Crippen molar-refractivity contribution in [2.75, 3.05) is 32.9 Å². The first-order valence-corrected chi connectivity index (χ1v) is 11.8. The van der Waals surface area contributed by atoms with E-state index in [1.807, 2.05) is 37.3 Å². The van der Waals surface area contributed by atoms with Gasteiger partial charge in [-0.25, -0.2) is 8.42 Å². The molecule has 162 valence electrons. The number of rotatable bonds is 9. The Bertz CT molecular complexity index is 970. The van der Waals surface area contributed by atoms with Gasteiger partial charge in [-0.3, -0.25) is 9.79 Å². The number of hydrogen-bond donors (Lipinski definition) is 3. The van der Waals surface area contributed by atoms with E-state index >= 15 is 0 Å². The van der Waals surface area contributed by atoms with E-state index in [4.69, 9.17) is 0 Å². The van der Waals surface area contributed by atoms with Crippen molar-refractivity contribution in [3.8, 4) is 0 Å². The highest BCUT2D eigenvalue weighted by Crippen LogP contribution is 2.11. The van der Waals surface area contributed by atoms with Crippen LogP contribution in [-0.4, -0.2) is 53.2 Å². The minimum Gasteiger partial charge on any atom is -0.357 e. The van der Waals surface area contributed by atoms with Crippen LogP contribution in [-0.2, 0) is 22.7 Å². The number of nitrogens with zero attached hydrogens (tertiary/aromatic N) is 1. The molecule has 8 heteroatoms. The van der Waals surface area contributed by atoms with E-state index in [1.165, 1.54) is 6.26 Å². The van der Waals surface area contributed by atoms with Crippen LogP contribution in [0.4, 0.5) is 0 Å². The van der Waals surface area contributed by atoms with E-state index < -0.39 is 9.84 Å². The number of aliphatic imine (C=N–C) groups is 1. The molecule has 2 aromatic rings. The zero-order valence-electron chi connectivity index (χ0n) is 17.7. The maximum absolute atomic E-state index is 11.7. The average molecular weight is 431 g/mol. The SMILES string of the molecule is CCNC(=NCCc1ccc(S(C)(=O)=O)cc1)NCCc1cccc(C(=O)NC)c1. The molecule has 1 amide bonds. The Hall–Kier alpha value is -2.87. The van der Waals surface area contributed by atoms with Gasteiger partial charge in [0, 0.05) is 38.5 Å². The van der Waals surface area contributed by atoms with Gasteiger partial charge in [-0.15, -0.1) is 0 Å². The molecule has 0 unspecified atom stereocenters. The van der Waals surface area contributed by atoms with E-state index in [2.05, 4.69) is 20.9 Å². The van der Waals surface area contributed by atoms with Crippen molar-refractivity contribution in [1.82, 2.24) is 16.0 Å². The number of carbonyl (C=O) groups is 1. The summed E-state index contributed by atoms with van der Waals surface area (Å²) in [4.78, 5) is 16.7. The predicted octanol–water partition coefficient (Wildman–Crippen LogP) is 1.79. The quantitative estimate of drug-likeness (QED) is 0.416. The summed E-state index contributed by atoms with van der Waals surface area (Å²) in [5.41, 5.74) is 2.76. The highest BCUT2D eigenvalue weighted by atomic mass is 32.2. The Morgan fingerprint density at radius 1 is 1.00 bits per heavy atom. The molecular weight excluding hydrogens is 400 g/mol. The lowest BCUT2D eigenvalue weighted by Gasteiger charge is -2.12. The number of sulfone groups is 1. The molecule has 7 nitrogen and oxygen atoms in total. The maximum atomic E-state index is 11.7. The minimum atomic E-state index is -3.17. The van der Waals surface area contributed by atoms with Crippen molar-refractivity contribution in [1.29, 1.82) is 0 Å². The third kappa shape index (κ3) is 7.51. The Kier molecular flexibility index (Phi) is 8.86. The van der Waals surface area contributed by atoms with Crippen LogP contribution in [0.25, 0.3) is 0 Å². The van der Waals surface area contributed by atoms with Gasteiger partial charge in [0.15, 0.2) is 15.8 Å². The number of benzene rings is 2. The van der Waals surface area contributed by atoms with Gasteiger partial charge in [0.2, 0.25) is 0 Å². The van der Waals surface area contributed by atoms with Crippen molar-refractivity contribution < 1.29 is 13.2 Å². The number of amides is 1. The summed E-state index contributed by atoms with van der Waals surface area (Å²) in [6, 6.07) is 14.5. The topological polar surface area (TPSA) is 99.7 Å². The number of guanidine groups is 1. The zero-order valence-corrected chi connectivity index (χ0v) is 18.6. The van der Waals surface area contributed by atoms with Crippen molar-refractivity contribution in [3.05, 3.63) is 65.2 Å². The molecule has 0 aliphatic carbocycles. The van der Waals surface area contributed by atoms with Crippen LogP contribution in [0.15, 0.2) is 58.4 Å². The Labute approximate surface area is 178 Å². The molecular formula is C22H30N4O3S. The fourth-order valence-electron chi connectivity index (χ4n) is 2.88. The first kappa shape index (κ1) is 23.4. The molecule has 0 spiro atoms. The van der Waals surface area contributed by atoms with Crippen LogP contribution in [0.1, 0.15) is 28.4 Å². The second-order valence-corrected chi connectivity index (χ2v) is 8.90. The molecule has 0 saturated carbocycles. The van der Waals surface area contributed by atoms with Crippen LogP contribution in [0, 0.1) is 0 Å². The van der Waals surface area contributed by atoms with Gasteiger partial charge in [0.1, 0.15) is 0 Å². The van der Waals surface area contributed by atoms with Crippen LogP contribution >= 0.6 is 0 Å². The number of carbonyl (C=O) groups excluding carboxylic acids is 1. The first-order valence-electron chi connectivity index (χ1n) is 9.95. The summed E-state index contributed by atoms with van der Waals surface area (Å²) in [5.74, 6) is 0.636. The Morgan fingerprint density at radius 3 is 2.37 bits per heavy atom. The lowest BCUT2D eigenvalue weighted by molar-refractivity contribution is 0.0963. The van der Waals surface area contributed by atoms with E-state index in [0.29, 0.717) is 23.5 Å². The second kappa shape index (κ2) is 11.3. The summed E-state index contributed by atoms with van der Waals surface area (Å²) < 4.78 is 23.1. The molecule has 0 saturated heterocycles. The summed E-state index contributed by atoms with van der Waals surface area (Å²) in [6.45, 7) is 4.03. The second-order valence-electron chi connectivity index (χ2n) is 6.88. The fourth-order valence-corrected chi connectivity index (χ4v) is 3.51.